The van der Waals surface area contributed by atoms with Crippen molar-refractivity contribution in [2.45, 2.75) is 6.54 Å². The molecule has 2 N–H and O–H groups in total. The molecule has 0 amide bonds. The summed E-state index contributed by atoms with van der Waals surface area (Å²) in [4.78, 5) is 3.93. The van der Waals surface area contributed by atoms with E-state index in [2.05, 4.69) is 20.5 Å². The molecule has 0 saturated heterocycles. The lowest BCUT2D eigenvalue weighted by Crippen LogP contribution is -2.06. The van der Waals surface area contributed by atoms with Crippen LogP contribution in [0.5, 0.6) is 0 Å². The van der Waals surface area contributed by atoms with Gasteiger partial charge in [-0.3, -0.25) is 10.1 Å². The topological polar surface area (TPSA) is 53.6 Å². The molecule has 0 fully saturated rings. The number of nitrogens with one attached hydrogen (secondary N) is 2. The Morgan fingerprint density at radius 1 is 0.897 bits per heavy atom. The molecule has 8 heteroatoms. The average Bonchev–Trinajstić information content (AvgIpc) is 3.20. The summed E-state index contributed by atoms with van der Waals surface area (Å²) in [5.41, 5.74) is 0.900. The summed E-state index contributed by atoms with van der Waals surface area (Å²) in [6.45, 7) is -0.177. The van der Waals surface area contributed by atoms with E-state index in [0.29, 0.717) is 11.1 Å². The minimum atomic E-state index is -0.885. The number of aromatic nitrogens is 3. The molecule has 4 nitrogen and oxygen atoms in total. The van der Waals surface area contributed by atoms with Gasteiger partial charge in [0, 0.05) is 36.3 Å². The fourth-order valence-corrected chi connectivity index (χ4v) is 3.01. The number of pyridine rings is 1. The maximum absolute atomic E-state index is 15.1. The second-order valence-corrected chi connectivity index (χ2v) is 6.26. The number of hydrogen-bond acceptors (Lipinski definition) is 3. The number of hydrogen-bond donors (Lipinski definition) is 2. The molecule has 0 saturated carbocycles. The van der Waals surface area contributed by atoms with E-state index in [9.17, 15) is 13.2 Å². The summed E-state index contributed by atoms with van der Waals surface area (Å²) in [7, 11) is 0. The Morgan fingerprint density at radius 2 is 1.66 bits per heavy atom. The van der Waals surface area contributed by atoms with E-state index in [1.54, 1.807) is 24.5 Å². The summed E-state index contributed by atoms with van der Waals surface area (Å²) >= 11 is 0. The molecule has 4 aromatic rings. The summed E-state index contributed by atoms with van der Waals surface area (Å²) in [5, 5.41) is 9.32. The molecule has 0 spiro atoms. The normalized spacial score (nSPS) is 10.9. The summed E-state index contributed by atoms with van der Waals surface area (Å²) < 4.78 is 56.8. The van der Waals surface area contributed by atoms with Crippen molar-refractivity contribution in [3.8, 4) is 22.4 Å². The highest BCUT2D eigenvalue weighted by molar-refractivity contribution is 5.82. The predicted molar refractivity (Wildman–Crippen MR) is 101 cm³/mol. The van der Waals surface area contributed by atoms with E-state index in [-0.39, 0.29) is 29.1 Å². The highest BCUT2D eigenvalue weighted by atomic mass is 19.1. The van der Waals surface area contributed by atoms with Crippen LogP contribution >= 0.6 is 0 Å². The lowest BCUT2D eigenvalue weighted by atomic mass is 10.0. The van der Waals surface area contributed by atoms with Crippen molar-refractivity contribution in [3.63, 3.8) is 0 Å². The Hall–Kier alpha value is -3.68. The van der Waals surface area contributed by atoms with Crippen molar-refractivity contribution < 1.29 is 17.6 Å². The standard InChI is InChI=1S/C21H14F4N4/c22-14-1-2-16(23)13(9-14)10-27-18-4-3-17(24)19(20(18)25)21-15(11-28-29-21)12-5-7-26-8-6-12/h1-9,11,27H,10H2,(H,28,29). The molecule has 0 unspecified atom stereocenters. The van der Waals surface area contributed by atoms with Crippen molar-refractivity contribution >= 4 is 5.69 Å². The molecule has 4 rings (SSSR count). The van der Waals surface area contributed by atoms with Crippen LogP contribution in [0.15, 0.2) is 61.1 Å². The third-order valence-corrected chi connectivity index (χ3v) is 4.44. The molecule has 0 aliphatic heterocycles. The van der Waals surface area contributed by atoms with Gasteiger partial charge in [-0.2, -0.15) is 5.10 Å². The molecule has 2 heterocycles. The van der Waals surface area contributed by atoms with Crippen LogP contribution in [0, 0.1) is 23.3 Å². The molecule has 146 valence electrons. The van der Waals surface area contributed by atoms with Crippen molar-refractivity contribution in [2.75, 3.05) is 5.32 Å². The molecule has 2 aromatic heterocycles. The molecular weight excluding hydrogens is 384 g/mol. The van der Waals surface area contributed by atoms with Crippen molar-refractivity contribution in [3.05, 3.63) is 89.9 Å². The highest BCUT2D eigenvalue weighted by Crippen LogP contribution is 2.35. The zero-order chi connectivity index (χ0) is 20.4. The largest absolute Gasteiger partial charge is 0.378 e. The second-order valence-electron chi connectivity index (χ2n) is 6.26. The van der Waals surface area contributed by atoms with Gasteiger partial charge < -0.3 is 5.32 Å². The highest BCUT2D eigenvalue weighted by Gasteiger charge is 2.21. The first-order valence-corrected chi connectivity index (χ1v) is 8.65. The van der Waals surface area contributed by atoms with Gasteiger partial charge in [0.2, 0.25) is 0 Å². The van der Waals surface area contributed by atoms with Gasteiger partial charge in [-0.1, -0.05) is 0 Å². The van der Waals surface area contributed by atoms with Gasteiger partial charge >= 0.3 is 0 Å². The Morgan fingerprint density at radius 3 is 2.45 bits per heavy atom. The molecule has 0 aliphatic rings. The first-order valence-electron chi connectivity index (χ1n) is 8.65. The van der Waals surface area contributed by atoms with Crippen LogP contribution in [-0.2, 0) is 6.54 Å². The van der Waals surface area contributed by atoms with Crippen LogP contribution in [0.4, 0.5) is 23.2 Å². The number of halogens is 4. The van der Waals surface area contributed by atoms with E-state index in [1.165, 1.54) is 12.3 Å². The zero-order valence-corrected chi connectivity index (χ0v) is 14.9. The van der Waals surface area contributed by atoms with Crippen LogP contribution in [0.1, 0.15) is 5.56 Å². The van der Waals surface area contributed by atoms with Gasteiger partial charge in [-0.15, -0.1) is 0 Å². The predicted octanol–water partition coefficient (Wildman–Crippen LogP) is 5.31. The van der Waals surface area contributed by atoms with E-state index < -0.39 is 23.3 Å². The quantitative estimate of drug-likeness (QED) is 0.448. The van der Waals surface area contributed by atoms with Crippen LogP contribution in [0.3, 0.4) is 0 Å². The maximum atomic E-state index is 15.1. The Balaban J connectivity index is 1.70. The molecule has 0 bridgehead atoms. The van der Waals surface area contributed by atoms with Gasteiger partial charge in [0.05, 0.1) is 11.3 Å². The number of benzene rings is 2. The van der Waals surface area contributed by atoms with Crippen LogP contribution < -0.4 is 5.32 Å². The summed E-state index contributed by atoms with van der Waals surface area (Å²) in [6.07, 6.45) is 4.65. The van der Waals surface area contributed by atoms with Crippen LogP contribution in [0.25, 0.3) is 22.4 Å². The maximum Gasteiger partial charge on any atom is 0.158 e. The average molecular weight is 398 g/mol. The zero-order valence-electron chi connectivity index (χ0n) is 14.9. The minimum absolute atomic E-state index is 0.0209. The SMILES string of the molecule is Fc1ccc(F)c(CNc2ccc(F)c(-c3n[nH]cc3-c3ccncc3)c2F)c1. The first-order chi connectivity index (χ1) is 14.0. The molecule has 0 aliphatic carbocycles. The molecular formula is C21H14F4N4. The van der Waals surface area contributed by atoms with Gasteiger partial charge in [0.25, 0.3) is 0 Å². The monoisotopic (exact) mass is 398 g/mol. The number of H-pyrrole nitrogens is 1. The Bertz CT molecular complexity index is 1160. The third kappa shape index (κ3) is 3.69. The van der Waals surface area contributed by atoms with E-state index in [0.717, 1.165) is 24.3 Å². The lowest BCUT2D eigenvalue weighted by Gasteiger charge is -2.12. The second kappa shape index (κ2) is 7.75. The van der Waals surface area contributed by atoms with E-state index >= 15 is 4.39 Å². The fraction of sp³-hybridized carbons (Fsp3) is 0.0476. The molecule has 0 radical (unpaired) electrons. The first kappa shape index (κ1) is 18.7. The van der Waals surface area contributed by atoms with Gasteiger partial charge in [0.15, 0.2) is 5.82 Å². The molecule has 29 heavy (non-hydrogen) atoms. The van der Waals surface area contributed by atoms with Crippen LogP contribution in [0.2, 0.25) is 0 Å². The van der Waals surface area contributed by atoms with Gasteiger partial charge in [0.1, 0.15) is 23.1 Å². The van der Waals surface area contributed by atoms with Crippen molar-refractivity contribution in [1.82, 2.24) is 15.2 Å². The summed E-state index contributed by atoms with van der Waals surface area (Å²) in [5.74, 6) is -2.92. The van der Waals surface area contributed by atoms with Crippen molar-refractivity contribution in [2.24, 2.45) is 0 Å². The number of rotatable bonds is 5. The number of anilines is 1. The van der Waals surface area contributed by atoms with E-state index in [4.69, 9.17) is 0 Å². The third-order valence-electron chi connectivity index (χ3n) is 4.44. The Labute approximate surface area is 163 Å². The van der Waals surface area contributed by atoms with Crippen molar-refractivity contribution in [1.29, 1.82) is 0 Å². The number of nitrogens with zero attached hydrogens (tertiary/aromatic N) is 2. The fourth-order valence-electron chi connectivity index (χ4n) is 3.01. The smallest absolute Gasteiger partial charge is 0.158 e. The minimum Gasteiger partial charge on any atom is -0.378 e. The van der Waals surface area contributed by atoms with E-state index in [1.807, 2.05) is 0 Å². The Kier molecular flexibility index (Phi) is 4.99. The van der Waals surface area contributed by atoms with Gasteiger partial charge in [-0.25, -0.2) is 17.6 Å². The molecule has 2 aromatic carbocycles. The molecule has 0 atom stereocenters. The summed E-state index contributed by atoms with van der Waals surface area (Å²) in [6, 6.07) is 8.67. The van der Waals surface area contributed by atoms with Crippen LogP contribution in [-0.4, -0.2) is 15.2 Å². The van der Waals surface area contributed by atoms with Gasteiger partial charge in [-0.05, 0) is 48.0 Å². The lowest BCUT2D eigenvalue weighted by molar-refractivity contribution is 0.584. The number of aromatic amines is 1.